The molecule has 0 atom stereocenters. The summed E-state index contributed by atoms with van der Waals surface area (Å²) in [6.45, 7) is 2.72. The van der Waals surface area contributed by atoms with E-state index in [4.69, 9.17) is 10.5 Å². The van der Waals surface area contributed by atoms with Crippen molar-refractivity contribution in [2.24, 2.45) is 5.73 Å². The van der Waals surface area contributed by atoms with Gasteiger partial charge in [0, 0.05) is 13.0 Å². The summed E-state index contributed by atoms with van der Waals surface area (Å²) in [4.78, 5) is 22.1. The van der Waals surface area contributed by atoms with Gasteiger partial charge in [0.2, 0.25) is 11.8 Å². The molecule has 0 heterocycles. The molecule has 0 rings (SSSR count). The fourth-order valence-corrected chi connectivity index (χ4v) is 2.27. The molecule has 162 valence electrons. The molecule has 0 aliphatic rings. The van der Waals surface area contributed by atoms with Crippen LogP contribution in [0.3, 0.4) is 0 Å². The van der Waals surface area contributed by atoms with Crippen molar-refractivity contribution in [2.45, 2.75) is 58.3 Å². The summed E-state index contributed by atoms with van der Waals surface area (Å²) in [6, 6.07) is 0. The van der Waals surface area contributed by atoms with Gasteiger partial charge in [0.25, 0.3) is 0 Å². The fourth-order valence-electron chi connectivity index (χ4n) is 2.27. The van der Waals surface area contributed by atoms with Gasteiger partial charge in [-0.05, 0) is 44.9 Å². The van der Waals surface area contributed by atoms with Crippen LogP contribution < -0.4 is 11.1 Å². The highest BCUT2D eigenvalue weighted by molar-refractivity contribution is 5.76. The Morgan fingerprint density at radius 1 is 0.828 bits per heavy atom. The predicted octanol–water partition coefficient (Wildman–Crippen LogP) is 4.53. The lowest BCUT2D eigenvalue weighted by molar-refractivity contribution is -0.122. The summed E-state index contributed by atoms with van der Waals surface area (Å²) in [5, 5.41) is 2.75. The summed E-state index contributed by atoms with van der Waals surface area (Å²) in [5.74, 6) is -0.506. The zero-order valence-corrected chi connectivity index (χ0v) is 17.9. The molecule has 0 fully saturated rings. The molecule has 0 aromatic heterocycles. The van der Waals surface area contributed by atoms with Crippen molar-refractivity contribution in [3.63, 3.8) is 0 Å². The molecule has 0 saturated heterocycles. The number of ether oxygens (including phenoxy) is 1. The Hall–Kier alpha value is -2.40. The van der Waals surface area contributed by atoms with E-state index in [0.717, 1.165) is 44.9 Å². The van der Waals surface area contributed by atoms with Gasteiger partial charge in [-0.2, -0.15) is 0 Å². The highest BCUT2D eigenvalue weighted by Crippen LogP contribution is 1.99. The van der Waals surface area contributed by atoms with E-state index in [-0.39, 0.29) is 12.5 Å². The van der Waals surface area contributed by atoms with Crippen LogP contribution in [-0.4, -0.2) is 31.6 Å². The average Bonchev–Trinajstić information content (AvgIpc) is 2.69. The second-order valence-electron chi connectivity index (χ2n) is 6.47. The van der Waals surface area contributed by atoms with Gasteiger partial charge in [0.05, 0.1) is 6.61 Å². The minimum Gasteiger partial charge on any atom is -0.370 e. The van der Waals surface area contributed by atoms with E-state index in [0.29, 0.717) is 19.6 Å². The zero-order valence-electron chi connectivity index (χ0n) is 17.9. The number of carbonyl (C=O) groups is 2. The second-order valence-corrected chi connectivity index (χ2v) is 6.47. The number of unbranched alkanes of at least 4 members (excludes halogenated alkanes) is 1. The Morgan fingerprint density at radius 3 is 1.86 bits per heavy atom. The molecule has 3 N–H and O–H groups in total. The van der Waals surface area contributed by atoms with Crippen LogP contribution >= 0.6 is 0 Å². The maximum Gasteiger partial charge on any atom is 0.243 e. The first-order valence-corrected chi connectivity index (χ1v) is 10.5. The first-order valence-electron chi connectivity index (χ1n) is 10.5. The van der Waals surface area contributed by atoms with E-state index < -0.39 is 5.91 Å². The third-order valence-electron chi connectivity index (χ3n) is 3.75. The van der Waals surface area contributed by atoms with Crippen molar-refractivity contribution in [3.05, 3.63) is 60.8 Å². The van der Waals surface area contributed by atoms with E-state index in [1.807, 2.05) is 0 Å². The Labute approximate surface area is 176 Å². The number of carbonyl (C=O) groups excluding carboxylic acids is 2. The Bertz CT molecular complexity index is 560. The van der Waals surface area contributed by atoms with Crippen molar-refractivity contribution in [1.29, 1.82) is 0 Å². The summed E-state index contributed by atoms with van der Waals surface area (Å²) in [5.41, 5.74) is 4.94. The monoisotopic (exact) mass is 402 g/mol. The van der Waals surface area contributed by atoms with Crippen LogP contribution in [0, 0.1) is 0 Å². The van der Waals surface area contributed by atoms with Gasteiger partial charge >= 0.3 is 0 Å². The smallest absolute Gasteiger partial charge is 0.243 e. The highest BCUT2D eigenvalue weighted by Gasteiger charge is 1.99. The summed E-state index contributed by atoms with van der Waals surface area (Å²) in [6.07, 6.45) is 28.9. The van der Waals surface area contributed by atoms with Crippen LogP contribution in [0.5, 0.6) is 0 Å². The largest absolute Gasteiger partial charge is 0.370 e. The van der Waals surface area contributed by atoms with Crippen molar-refractivity contribution >= 4 is 11.8 Å². The van der Waals surface area contributed by atoms with E-state index >= 15 is 0 Å². The molecule has 0 spiro atoms. The van der Waals surface area contributed by atoms with E-state index in [1.165, 1.54) is 0 Å². The number of nitrogens with two attached hydrogens (primary N) is 1. The van der Waals surface area contributed by atoms with Gasteiger partial charge in [-0.1, -0.05) is 67.7 Å². The molecule has 0 radical (unpaired) electrons. The predicted molar refractivity (Wildman–Crippen MR) is 121 cm³/mol. The molecule has 0 aliphatic heterocycles. The van der Waals surface area contributed by atoms with Crippen molar-refractivity contribution in [3.8, 4) is 0 Å². The normalized spacial score (nSPS) is 12.3. The lowest BCUT2D eigenvalue weighted by atomic mass is 10.2. The van der Waals surface area contributed by atoms with E-state index in [9.17, 15) is 9.59 Å². The second kappa shape index (κ2) is 21.9. The lowest BCUT2D eigenvalue weighted by Crippen LogP contribution is -2.28. The average molecular weight is 403 g/mol. The minimum atomic E-state index is -0.506. The van der Waals surface area contributed by atoms with Gasteiger partial charge < -0.3 is 15.8 Å². The minimum absolute atomic E-state index is 0.0000251. The van der Waals surface area contributed by atoms with Gasteiger partial charge in [-0.25, -0.2) is 0 Å². The van der Waals surface area contributed by atoms with E-state index in [2.05, 4.69) is 73.0 Å². The van der Waals surface area contributed by atoms with Crippen LogP contribution in [0.15, 0.2) is 60.8 Å². The first-order chi connectivity index (χ1) is 14.2. The van der Waals surface area contributed by atoms with Gasteiger partial charge in [0.15, 0.2) is 0 Å². The fraction of sp³-hybridized carbons (Fsp3) is 0.500. The maximum absolute atomic E-state index is 11.6. The molecule has 0 bridgehead atoms. The molecule has 0 saturated carbocycles. The number of nitrogens with one attached hydrogen (secondary N) is 1. The maximum atomic E-state index is 11.6. The number of hydrogen-bond acceptors (Lipinski definition) is 3. The Balaban J connectivity index is 3.50. The van der Waals surface area contributed by atoms with Crippen molar-refractivity contribution < 1.29 is 14.3 Å². The van der Waals surface area contributed by atoms with Crippen molar-refractivity contribution in [2.75, 3.05) is 19.8 Å². The Kier molecular flexibility index (Phi) is 20.1. The number of allylic oxidation sites excluding steroid dienone is 10. The molecule has 5 nitrogen and oxygen atoms in total. The van der Waals surface area contributed by atoms with Crippen LogP contribution in [0.1, 0.15) is 58.3 Å². The van der Waals surface area contributed by atoms with Crippen LogP contribution in [0.4, 0.5) is 0 Å². The molecule has 0 unspecified atom stereocenters. The van der Waals surface area contributed by atoms with Gasteiger partial charge in [0.1, 0.15) is 6.61 Å². The molecular weight excluding hydrogens is 364 g/mol. The molecule has 0 aliphatic carbocycles. The van der Waals surface area contributed by atoms with Crippen LogP contribution in [-0.2, 0) is 14.3 Å². The summed E-state index contributed by atoms with van der Waals surface area (Å²) in [7, 11) is 0. The summed E-state index contributed by atoms with van der Waals surface area (Å²) >= 11 is 0. The van der Waals surface area contributed by atoms with Crippen LogP contribution in [0.25, 0.3) is 0 Å². The Morgan fingerprint density at radius 2 is 1.34 bits per heavy atom. The molecular formula is C24H38N2O3. The summed E-state index contributed by atoms with van der Waals surface area (Å²) < 4.78 is 4.97. The number of rotatable bonds is 18. The quantitative estimate of drug-likeness (QED) is 0.261. The third-order valence-corrected chi connectivity index (χ3v) is 3.75. The van der Waals surface area contributed by atoms with E-state index in [1.54, 1.807) is 0 Å². The van der Waals surface area contributed by atoms with Crippen LogP contribution in [0.2, 0.25) is 0 Å². The molecule has 2 amide bonds. The first kappa shape index (κ1) is 26.6. The number of primary amides is 1. The topological polar surface area (TPSA) is 81.4 Å². The highest BCUT2D eigenvalue weighted by atomic mass is 16.5. The SMILES string of the molecule is CC/C=C\C/C=C\CC=CC/C=C\C/C=C\CCCC(=O)NCCOCC(N)=O. The molecule has 0 aromatic rings. The van der Waals surface area contributed by atoms with Gasteiger partial charge in [-0.15, -0.1) is 0 Å². The molecule has 5 heteroatoms. The third kappa shape index (κ3) is 23.6. The molecule has 0 aromatic carbocycles. The molecule has 29 heavy (non-hydrogen) atoms. The number of hydrogen-bond donors (Lipinski definition) is 2. The van der Waals surface area contributed by atoms with Gasteiger partial charge in [-0.3, -0.25) is 9.59 Å². The van der Waals surface area contributed by atoms with Crippen molar-refractivity contribution in [1.82, 2.24) is 5.32 Å². The lowest BCUT2D eigenvalue weighted by Gasteiger charge is -2.04. The number of amides is 2. The zero-order chi connectivity index (χ0) is 21.4. The standard InChI is InChI=1S/C24H38N2O3/c1-2-3-4-5-6-7-8-9-10-11-12-13-14-15-16-17-18-19-24(28)26-20-21-29-22-23(25)27/h3-4,6-7,9-10,12-13,15-16H,2,5,8,11,14,17-22H2,1H3,(H2,25,27)(H,26,28)/b4-3-,7-6-,10-9?,13-12-,16-15-.